The van der Waals surface area contributed by atoms with E-state index in [1.165, 1.54) is 6.07 Å². The number of aliphatic hydroxyl groups excluding tert-OH is 1. The van der Waals surface area contributed by atoms with E-state index in [0.717, 1.165) is 18.9 Å². The zero-order valence-electron chi connectivity index (χ0n) is 17.4. The number of hydrogen-bond acceptors (Lipinski definition) is 6. The van der Waals surface area contributed by atoms with Gasteiger partial charge in [-0.25, -0.2) is 4.79 Å². The lowest BCUT2D eigenvalue weighted by Crippen LogP contribution is -2.73. The maximum absolute atomic E-state index is 12.8. The van der Waals surface area contributed by atoms with E-state index in [0.29, 0.717) is 23.5 Å². The normalized spacial score (nSPS) is 37.2. The van der Waals surface area contributed by atoms with Crippen LogP contribution in [0.25, 0.3) is 0 Å². The summed E-state index contributed by atoms with van der Waals surface area (Å²) in [6, 6.07) is 2.47. The van der Waals surface area contributed by atoms with Gasteiger partial charge in [0.25, 0.3) is 0 Å². The Morgan fingerprint density at radius 1 is 1.17 bits per heavy atom. The molecule has 1 aromatic rings. The fourth-order valence-corrected chi connectivity index (χ4v) is 6.31. The van der Waals surface area contributed by atoms with E-state index >= 15 is 0 Å². The highest BCUT2D eigenvalue weighted by molar-refractivity contribution is 5.94. The van der Waals surface area contributed by atoms with Gasteiger partial charge in [0.2, 0.25) is 0 Å². The van der Waals surface area contributed by atoms with Gasteiger partial charge in [-0.1, -0.05) is 26.8 Å². The third-order valence-electron chi connectivity index (χ3n) is 7.67. The number of phenols is 2. The molecule has 4 N–H and O–H groups in total. The lowest BCUT2D eigenvalue weighted by Gasteiger charge is -2.65. The smallest absolute Gasteiger partial charge is 0.342 e. The molecule has 0 spiro atoms. The molecule has 4 rings (SSSR count). The maximum atomic E-state index is 12.8. The molecule has 2 saturated carbocycles. The van der Waals surface area contributed by atoms with Crippen LogP contribution in [0.15, 0.2) is 23.8 Å². The number of aromatic hydroxyl groups is 2. The van der Waals surface area contributed by atoms with Crippen LogP contribution in [0, 0.1) is 29.6 Å². The summed E-state index contributed by atoms with van der Waals surface area (Å²) in [4.78, 5) is 12.8. The van der Waals surface area contributed by atoms with Gasteiger partial charge < -0.3 is 25.2 Å². The van der Waals surface area contributed by atoms with E-state index in [1.807, 2.05) is 13.0 Å². The fourth-order valence-electron chi connectivity index (χ4n) is 6.31. The molecule has 3 aliphatic rings. The average molecular weight is 402 g/mol. The van der Waals surface area contributed by atoms with Crippen LogP contribution < -0.4 is 0 Å². The SMILES string of the molecule is Cc1cc(O)cc(O)c1C(=O)O[C@@H]1C[C@]2(C)C3CC(C)(C)CC3C=C(CO)[C@]12O. The van der Waals surface area contributed by atoms with Crippen LogP contribution >= 0.6 is 0 Å². The fraction of sp³-hybridized carbons (Fsp3) is 0.609. The molecule has 0 heterocycles. The van der Waals surface area contributed by atoms with Crippen molar-refractivity contribution < 1.29 is 30.0 Å². The summed E-state index contributed by atoms with van der Waals surface area (Å²) in [7, 11) is 0. The summed E-state index contributed by atoms with van der Waals surface area (Å²) in [6.07, 6.45) is 3.68. The molecule has 0 amide bonds. The Hall–Kier alpha value is -2.05. The molecule has 2 unspecified atom stereocenters. The molecule has 29 heavy (non-hydrogen) atoms. The second-order valence-corrected chi connectivity index (χ2v) is 10.1. The molecule has 158 valence electrons. The number of hydrogen-bond donors (Lipinski definition) is 4. The number of ether oxygens (including phenoxy) is 1. The second-order valence-electron chi connectivity index (χ2n) is 10.1. The predicted octanol–water partition coefficient (Wildman–Crippen LogP) is 3.06. The van der Waals surface area contributed by atoms with Crippen molar-refractivity contribution in [3.05, 3.63) is 34.9 Å². The molecule has 0 radical (unpaired) electrons. The number of carbonyl (C=O) groups is 1. The lowest BCUT2D eigenvalue weighted by atomic mass is 9.44. The predicted molar refractivity (Wildman–Crippen MR) is 107 cm³/mol. The molecule has 6 nitrogen and oxygen atoms in total. The van der Waals surface area contributed by atoms with Crippen LogP contribution in [0.2, 0.25) is 0 Å². The molecule has 5 atom stereocenters. The van der Waals surface area contributed by atoms with Gasteiger partial charge in [-0.05, 0) is 60.6 Å². The highest BCUT2D eigenvalue weighted by atomic mass is 16.6. The van der Waals surface area contributed by atoms with Crippen LogP contribution in [-0.2, 0) is 4.74 Å². The summed E-state index contributed by atoms with van der Waals surface area (Å²) >= 11 is 0. The Bertz CT molecular complexity index is 880. The minimum Gasteiger partial charge on any atom is -0.508 e. The summed E-state index contributed by atoms with van der Waals surface area (Å²) in [6.45, 7) is 7.80. The van der Waals surface area contributed by atoms with Crippen LogP contribution in [0.5, 0.6) is 11.5 Å². The Morgan fingerprint density at radius 3 is 2.48 bits per heavy atom. The second kappa shape index (κ2) is 6.22. The van der Waals surface area contributed by atoms with E-state index in [9.17, 15) is 25.2 Å². The highest BCUT2D eigenvalue weighted by Crippen LogP contribution is 2.68. The third-order valence-corrected chi connectivity index (χ3v) is 7.67. The molecule has 0 aliphatic heterocycles. The molecule has 1 aromatic carbocycles. The molecule has 0 saturated heterocycles. The summed E-state index contributed by atoms with van der Waals surface area (Å²) < 4.78 is 5.66. The summed E-state index contributed by atoms with van der Waals surface area (Å²) in [5.74, 6) is -0.680. The first-order valence-electron chi connectivity index (χ1n) is 10.2. The highest BCUT2D eigenvalue weighted by Gasteiger charge is 2.72. The first-order valence-corrected chi connectivity index (χ1v) is 10.2. The van der Waals surface area contributed by atoms with Crippen molar-refractivity contribution in [3.8, 4) is 11.5 Å². The Labute approximate surface area is 170 Å². The van der Waals surface area contributed by atoms with E-state index in [1.54, 1.807) is 6.92 Å². The van der Waals surface area contributed by atoms with Crippen LogP contribution in [0.1, 0.15) is 56.0 Å². The van der Waals surface area contributed by atoms with E-state index < -0.39 is 23.1 Å². The first-order chi connectivity index (χ1) is 13.4. The van der Waals surface area contributed by atoms with Gasteiger partial charge in [0.1, 0.15) is 28.8 Å². The molecular weight excluding hydrogens is 372 g/mol. The van der Waals surface area contributed by atoms with Crippen molar-refractivity contribution in [3.63, 3.8) is 0 Å². The van der Waals surface area contributed by atoms with Crippen molar-refractivity contribution in [2.45, 2.75) is 58.7 Å². The monoisotopic (exact) mass is 402 g/mol. The Morgan fingerprint density at radius 2 is 1.86 bits per heavy atom. The van der Waals surface area contributed by atoms with Crippen molar-refractivity contribution in [2.75, 3.05) is 6.61 Å². The summed E-state index contributed by atoms with van der Waals surface area (Å²) in [5, 5.41) is 41.4. The Kier molecular flexibility index (Phi) is 4.34. The van der Waals surface area contributed by atoms with Crippen molar-refractivity contribution in [1.82, 2.24) is 0 Å². The molecule has 6 heteroatoms. The zero-order chi connectivity index (χ0) is 21.4. The minimum absolute atomic E-state index is 0.0229. The van der Waals surface area contributed by atoms with Gasteiger partial charge in [-0.2, -0.15) is 0 Å². The largest absolute Gasteiger partial charge is 0.508 e. The van der Waals surface area contributed by atoms with Crippen molar-refractivity contribution in [1.29, 1.82) is 0 Å². The zero-order valence-corrected chi connectivity index (χ0v) is 17.4. The van der Waals surface area contributed by atoms with Crippen LogP contribution in [0.3, 0.4) is 0 Å². The first kappa shape index (κ1) is 20.2. The van der Waals surface area contributed by atoms with Gasteiger partial charge >= 0.3 is 5.97 Å². The van der Waals surface area contributed by atoms with Crippen molar-refractivity contribution >= 4 is 5.97 Å². The maximum Gasteiger partial charge on any atom is 0.342 e. The molecular formula is C23H30O6. The van der Waals surface area contributed by atoms with E-state index in [2.05, 4.69) is 13.8 Å². The van der Waals surface area contributed by atoms with Gasteiger partial charge in [-0.15, -0.1) is 0 Å². The lowest BCUT2D eigenvalue weighted by molar-refractivity contribution is -0.250. The number of fused-ring (bicyclic) bond motifs is 3. The molecule has 2 fully saturated rings. The van der Waals surface area contributed by atoms with Gasteiger partial charge in [0, 0.05) is 11.5 Å². The third kappa shape index (κ3) is 2.72. The summed E-state index contributed by atoms with van der Waals surface area (Å²) in [5.41, 5.74) is -0.841. The Balaban J connectivity index is 1.64. The number of phenolic OH excluding ortho intramolecular Hbond substituents is 2. The molecule has 0 aromatic heterocycles. The standard InChI is InChI=1S/C23H30O6/c1-12-5-15(25)7-17(26)19(12)20(27)29-18-10-22(4)16-9-21(2,3)8-13(16)6-14(11-24)23(18,22)28/h5-7,13,16,18,24-26,28H,8-11H2,1-4H3/t13?,16?,18-,22-,23+/m1/s1. The van der Waals surface area contributed by atoms with Crippen LogP contribution in [0.4, 0.5) is 0 Å². The molecule has 0 bridgehead atoms. The van der Waals surface area contributed by atoms with Gasteiger partial charge in [0.15, 0.2) is 0 Å². The van der Waals surface area contributed by atoms with Gasteiger partial charge in [-0.3, -0.25) is 0 Å². The van der Waals surface area contributed by atoms with Crippen molar-refractivity contribution in [2.24, 2.45) is 22.7 Å². The van der Waals surface area contributed by atoms with E-state index in [4.69, 9.17) is 4.74 Å². The number of carbonyl (C=O) groups excluding carboxylic acids is 1. The van der Waals surface area contributed by atoms with Gasteiger partial charge in [0.05, 0.1) is 6.61 Å². The number of aryl methyl sites for hydroxylation is 1. The van der Waals surface area contributed by atoms with E-state index in [-0.39, 0.29) is 35.0 Å². The number of benzene rings is 1. The number of esters is 1. The van der Waals surface area contributed by atoms with Crippen LogP contribution in [-0.4, -0.2) is 44.7 Å². The quantitative estimate of drug-likeness (QED) is 0.457. The number of rotatable bonds is 3. The number of aliphatic hydroxyl groups is 2. The average Bonchev–Trinajstić information content (AvgIpc) is 2.91. The number of allylic oxidation sites excluding steroid dienone is 1. The minimum atomic E-state index is -1.42. The topological polar surface area (TPSA) is 107 Å². The molecule has 3 aliphatic carbocycles.